The molecule has 0 aliphatic carbocycles. The third-order valence-electron chi connectivity index (χ3n) is 2.10. The zero-order valence-electron chi connectivity index (χ0n) is 10.8. The number of hydrogen-bond acceptors (Lipinski definition) is 1. The lowest BCUT2D eigenvalue weighted by Gasteiger charge is -2.01. The van der Waals surface area contributed by atoms with Gasteiger partial charge in [-0.25, -0.2) is 0 Å². The van der Waals surface area contributed by atoms with Gasteiger partial charge < -0.3 is 0 Å². The first-order valence-corrected chi connectivity index (χ1v) is 5.83. The van der Waals surface area contributed by atoms with E-state index in [9.17, 15) is 4.79 Å². The Morgan fingerprint density at radius 1 is 1.18 bits per heavy atom. The van der Waals surface area contributed by atoms with Crippen molar-refractivity contribution in [1.29, 1.82) is 0 Å². The summed E-state index contributed by atoms with van der Waals surface area (Å²) in [5.74, 6) is 0. The Kier molecular flexibility index (Phi) is 8.31. The first-order chi connectivity index (χ1) is 8.31. The number of carbonyl (C=O) groups is 1. The summed E-state index contributed by atoms with van der Waals surface area (Å²) < 4.78 is 0. The zero-order valence-corrected chi connectivity index (χ0v) is 10.8. The number of hydrogen-bond donors (Lipinski definition) is 0. The van der Waals surface area contributed by atoms with Crippen molar-refractivity contribution in [1.82, 2.24) is 0 Å². The summed E-state index contributed by atoms with van der Waals surface area (Å²) in [6, 6.07) is 7.50. The molecule has 0 aliphatic rings. The summed E-state index contributed by atoms with van der Waals surface area (Å²) in [5, 5.41) is 0. The van der Waals surface area contributed by atoms with Crippen LogP contribution in [0.3, 0.4) is 0 Å². The van der Waals surface area contributed by atoms with Gasteiger partial charge in [-0.05, 0) is 18.1 Å². The minimum atomic E-state index is 0.696. The number of rotatable bonds is 4. The van der Waals surface area contributed by atoms with Gasteiger partial charge in [-0.2, -0.15) is 0 Å². The molecule has 1 aromatic carbocycles. The van der Waals surface area contributed by atoms with Crippen molar-refractivity contribution >= 4 is 11.9 Å². The van der Waals surface area contributed by atoms with Crippen molar-refractivity contribution in [3.8, 4) is 0 Å². The molecule has 0 aliphatic heterocycles. The fraction of sp³-hybridized carbons (Fsp3) is 0.188. The molecule has 1 rings (SSSR count). The first kappa shape index (κ1) is 15.1. The van der Waals surface area contributed by atoms with E-state index in [1.54, 1.807) is 6.08 Å². The Morgan fingerprint density at radius 3 is 2.18 bits per heavy atom. The van der Waals surface area contributed by atoms with Crippen molar-refractivity contribution < 1.29 is 4.79 Å². The molecule has 17 heavy (non-hydrogen) atoms. The minimum absolute atomic E-state index is 0.696. The molecule has 0 amide bonds. The Hall–Kier alpha value is -1.89. The maximum atomic E-state index is 10.5. The Bertz CT molecular complexity index is 394. The van der Waals surface area contributed by atoms with Crippen LogP contribution in [-0.2, 0) is 0 Å². The van der Waals surface area contributed by atoms with Crippen LogP contribution in [0.4, 0.5) is 0 Å². The van der Waals surface area contributed by atoms with Crippen molar-refractivity contribution in [2.75, 3.05) is 0 Å². The van der Waals surface area contributed by atoms with E-state index in [1.807, 2.05) is 63.3 Å². The van der Waals surface area contributed by atoms with Crippen LogP contribution in [0.2, 0.25) is 0 Å². The molecular formula is C16H20O. The third-order valence-corrected chi connectivity index (χ3v) is 2.10. The molecular weight excluding hydrogens is 208 g/mol. The molecule has 90 valence electrons. The molecule has 0 N–H and O–H groups in total. The second kappa shape index (κ2) is 9.34. The van der Waals surface area contributed by atoms with E-state index in [0.717, 1.165) is 17.4 Å². The third kappa shape index (κ3) is 5.12. The molecule has 1 nitrogen and oxygen atoms in total. The second-order valence-corrected chi connectivity index (χ2v) is 3.08. The highest BCUT2D eigenvalue weighted by Gasteiger charge is 1.96. The van der Waals surface area contributed by atoms with Gasteiger partial charge in [0, 0.05) is 5.56 Å². The molecule has 0 atom stereocenters. The Morgan fingerprint density at radius 2 is 1.76 bits per heavy atom. The summed E-state index contributed by atoms with van der Waals surface area (Å²) >= 11 is 0. The molecule has 0 saturated heterocycles. The van der Waals surface area contributed by atoms with Crippen LogP contribution in [0.5, 0.6) is 0 Å². The maximum Gasteiger partial charge on any atom is 0.150 e. The molecule has 0 bridgehead atoms. The van der Waals surface area contributed by atoms with Crippen molar-refractivity contribution in [3.63, 3.8) is 0 Å². The normalized spacial score (nSPS) is 10.6. The molecule has 1 aromatic rings. The quantitative estimate of drug-likeness (QED) is 0.540. The van der Waals surface area contributed by atoms with Crippen LogP contribution >= 0.6 is 0 Å². The van der Waals surface area contributed by atoms with Gasteiger partial charge in [0.1, 0.15) is 6.29 Å². The molecule has 0 radical (unpaired) electrons. The van der Waals surface area contributed by atoms with Crippen LogP contribution in [0, 0.1) is 0 Å². The van der Waals surface area contributed by atoms with Crippen molar-refractivity contribution in [2.24, 2.45) is 0 Å². The van der Waals surface area contributed by atoms with Crippen LogP contribution in [0.25, 0.3) is 5.57 Å². The molecule has 0 unspecified atom stereocenters. The molecule has 0 spiro atoms. The maximum absolute atomic E-state index is 10.5. The number of benzene rings is 1. The summed E-state index contributed by atoms with van der Waals surface area (Å²) in [5.41, 5.74) is 2.91. The SMILES string of the molecule is C=C/C=C\C(=C/C)c1ccc(C=O)cc1.CC. The van der Waals surface area contributed by atoms with E-state index >= 15 is 0 Å². The highest BCUT2D eigenvalue weighted by atomic mass is 16.1. The van der Waals surface area contributed by atoms with Gasteiger partial charge in [0.2, 0.25) is 0 Å². The van der Waals surface area contributed by atoms with Crippen LogP contribution in [-0.4, -0.2) is 6.29 Å². The Labute approximate surface area is 104 Å². The van der Waals surface area contributed by atoms with Gasteiger partial charge in [0.25, 0.3) is 0 Å². The van der Waals surface area contributed by atoms with Gasteiger partial charge >= 0.3 is 0 Å². The summed E-state index contributed by atoms with van der Waals surface area (Å²) in [6.45, 7) is 9.61. The van der Waals surface area contributed by atoms with Gasteiger partial charge in [0.05, 0.1) is 0 Å². The monoisotopic (exact) mass is 228 g/mol. The highest BCUT2D eigenvalue weighted by Crippen LogP contribution is 2.16. The summed E-state index contributed by atoms with van der Waals surface area (Å²) in [6.07, 6.45) is 8.49. The predicted molar refractivity (Wildman–Crippen MR) is 76.2 cm³/mol. The molecule has 1 heteroatoms. The smallest absolute Gasteiger partial charge is 0.150 e. The van der Waals surface area contributed by atoms with Gasteiger partial charge in [-0.15, -0.1) is 0 Å². The van der Waals surface area contributed by atoms with Crippen LogP contribution in [0.1, 0.15) is 36.7 Å². The average molecular weight is 228 g/mol. The van der Waals surface area contributed by atoms with Gasteiger partial charge in [-0.1, -0.05) is 69.0 Å². The lowest BCUT2D eigenvalue weighted by Crippen LogP contribution is -1.83. The largest absolute Gasteiger partial charge is 0.298 e. The standard InChI is InChI=1S/C14H14O.C2H6/c1-3-5-6-13(4-2)14-9-7-12(11-15)8-10-14;1-2/h3-11H,1H2,2H3;1-2H3/b6-5-,13-4+;. The number of aldehydes is 1. The van der Waals surface area contributed by atoms with E-state index in [2.05, 4.69) is 6.58 Å². The topological polar surface area (TPSA) is 17.1 Å². The van der Waals surface area contributed by atoms with Crippen molar-refractivity contribution in [3.05, 3.63) is 66.3 Å². The predicted octanol–water partition coefficient (Wildman–Crippen LogP) is 4.67. The molecule has 0 aromatic heterocycles. The van der Waals surface area contributed by atoms with Gasteiger partial charge in [-0.3, -0.25) is 4.79 Å². The molecule has 0 saturated carbocycles. The summed E-state index contributed by atoms with van der Waals surface area (Å²) in [4.78, 5) is 10.5. The zero-order chi connectivity index (χ0) is 13.1. The van der Waals surface area contributed by atoms with E-state index in [1.165, 1.54) is 0 Å². The number of allylic oxidation sites excluding steroid dienone is 5. The minimum Gasteiger partial charge on any atom is -0.298 e. The van der Waals surface area contributed by atoms with E-state index in [-0.39, 0.29) is 0 Å². The molecule has 0 heterocycles. The Balaban J connectivity index is 0.00000121. The summed E-state index contributed by atoms with van der Waals surface area (Å²) in [7, 11) is 0. The fourth-order valence-corrected chi connectivity index (χ4v) is 1.28. The highest BCUT2D eigenvalue weighted by molar-refractivity contribution is 5.78. The lowest BCUT2D eigenvalue weighted by atomic mass is 10.0. The first-order valence-electron chi connectivity index (χ1n) is 5.83. The number of carbonyl (C=O) groups excluding carboxylic acids is 1. The van der Waals surface area contributed by atoms with E-state index in [0.29, 0.717) is 5.56 Å². The van der Waals surface area contributed by atoms with Gasteiger partial charge in [0.15, 0.2) is 0 Å². The van der Waals surface area contributed by atoms with E-state index in [4.69, 9.17) is 0 Å². The van der Waals surface area contributed by atoms with Crippen LogP contribution in [0.15, 0.2) is 55.1 Å². The van der Waals surface area contributed by atoms with Crippen molar-refractivity contribution in [2.45, 2.75) is 20.8 Å². The van der Waals surface area contributed by atoms with Crippen LogP contribution < -0.4 is 0 Å². The fourth-order valence-electron chi connectivity index (χ4n) is 1.28. The molecule has 0 fully saturated rings. The average Bonchev–Trinajstić information content (AvgIpc) is 2.42. The van der Waals surface area contributed by atoms with E-state index < -0.39 is 0 Å². The second-order valence-electron chi connectivity index (χ2n) is 3.08. The lowest BCUT2D eigenvalue weighted by molar-refractivity contribution is 0.112.